The lowest BCUT2D eigenvalue weighted by molar-refractivity contribution is -0.384. The minimum Gasteiger partial charge on any atom is -0.364 e. The molecule has 0 aliphatic carbocycles. The fourth-order valence-corrected chi connectivity index (χ4v) is 2.89. The van der Waals surface area contributed by atoms with E-state index in [0.717, 1.165) is 18.8 Å². The van der Waals surface area contributed by atoms with Gasteiger partial charge in [0.25, 0.3) is 5.69 Å². The molecule has 8 heteroatoms. The van der Waals surface area contributed by atoms with Gasteiger partial charge >= 0.3 is 0 Å². The van der Waals surface area contributed by atoms with Gasteiger partial charge in [0.2, 0.25) is 5.91 Å². The molecule has 0 spiro atoms. The number of hydrogen-bond acceptors (Lipinski definition) is 5. The number of benzene rings is 1. The van der Waals surface area contributed by atoms with Crippen molar-refractivity contribution in [3.05, 3.63) is 32.8 Å². The molecule has 0 bridgehead atoms. The summed E-state index contributed by atoms with van der Waals surface area (Å²) in [4.78, 5) is 26.1. The Morgan fingerprint density at radius 1 is 1.48 bits per heavy atom. The number of amides is 1. The van der Waals surface area contributed by atoms with Crippen molar-refractivity contribution in [1.82, 2.24) is 10.2 Å². The van der Waals surface area contributed by atoms with Gasteiger partial charge in [0, 0.05) is 49.8 Å². The Hall–Kier alpha value is -1.67. The van der Waals surface area contributed by atoms with Crippen molar-refractivity contribution in [3.63, 3.8) is 0 Å². The van der Waals surface area contributed by atoms with E-state index in [9.17, 15) is 14.9 Å². The molecule has 1 heterocycles. The summed E-state index contributed by atoms with van der Waals surface area (Å²) in [6, 6.07) is 4.53. The van der Waals surface area contributed by atoms with Gasteiger partial charge < -0.3 is 15.1 Å². The lowest BCUT2D eigenvalue weighted by Gasteiger charge is -2.30. The number of carbonyl (C=O) groups excluding carboxylic acids is 1. The lowest BCUT2D eigenvalue weighted by Crippen LogP contribution is -2.49. The van der Waals surface area contributed by atoms with Crippen LogP contribution in [-0.4, -0.2) is 55.5 Å². The number of anilines is 1. The molecule has 0 unspecified atom stereocenters. The molecule has 1 saturated heterocycles. The minimum atomic E-state index is -0.444. The van der Waals surface area contributed by atoms with Crippen LogP contribution in [0, 0.1) is 10.1 Å². The Bertz CT molecular complexity index is 546. The summed E-state index contributed by atoms with van der Waals surface area (Å²) in [6.45, 7) is 3.31. The highest BCUT2D eigenvalue weighted by atomic mass is 79.9. The van der Waals surface area contributed by atoms with E-state index in [1.165, 1.54) is 12.1 Å². The van der Waals surface area contributed by atoms with E-state index in [0.29, 0.717) is 17.6 Å². The summed E-state index contributed by atoms with van der Waals surface area (Å²) in [5.41, 5.74) is 0.775. The molecule has 1 amide bonds. The maximum Gasteiger partial charge on any atom is 0.270 e. The van der Waals surface area contributed by atoms with Gasteiger partial charge in [-0.3, -0.25) is 14.9 Å². The summed E-state index contributed by atoms with van der Waals surface area (Å²) in [5, 5.41) is 13.9. The summed E-state index contributed by atoms with van der Waals surface area (Å²) in [7, 11) is 1.80. The fourth-order valence-electron chi connectivity index (χ4n) is 2.22. The largest absolute Gasteiger partial charge is 0.364 e. The number of hydrogen-bond donors (Lipinski definition) is 1. The summed E-state index contributed by atoms with van der Waals surface area (Å²) < 4.78 is 0.604. The van der Waals surface area contributed by atoms with Crippen LogP contribution >= 0.6 is 15.9 Å². The Labute approximate surface area is 131 Å². The zero-order chi connectivity index (χ0) is 15.4. The number of nitrogens with one attached hydrogen (secondary N) is 1. The number of carbonyl (C=O) groups is 1. The maximum absolute atomic E-state index is 12.2. The van der Waals surface area contributed by atoms with Gasteiger partial charge in [0.15, 0.2) is 0 Å². The number of nitro groups is 1. The molecule has 1 aromatic rings. The van der Waals surface area contributed by atoms with Crippen LogP contribution in [0.15, 0.2) is 22.7 Å². The smallest absolute Gasteiger partial charge is 0.270 e. The van der Waals surface area contributed by atoms with Crippen molar-refractivity contribution in [2.24, 2.45) is 0 Å². The maximum atomic E-state index is 12.2. The number of rotatable bonds is 4. The van der Waals surface area contributed by atoms with E-state index >= 15 is 0 Å². The molecule has 0 aromatic heterocycles. The van der Waals surface area contributed by atoms with Crippen LogP contribution in [0.25, 0.3) is 0 Å². The van der Waals surface area contributed by atoms with Crippen LogP contribution in [-0.2, 0) is 4.79 Å². The first-order chi connectivity index (χ1) is 9.99. The first-order valence-corrected chi connectivity index (χ1v) is 7.42. The van der Waals surface area contributed by atoms with Crippen LogP contribution in [0.2, 0.25) is 0 Å². The molecule has 1 aromatic carbocycles. The number of halogens is 1. The lowest BCUT2D eigenvalue weighted by atomic mass is 10.2. The number of likely N-dealkylation sites (N-methyl/N-ethyl adjacent to an activating group) is 1. The molecule has 1 fully saturated rings. The Balaban J connectivity index is 2.04. The fraction of sp³-hybridized carbons (Fsp3) is 0.462. The van der Waals surface area contributed by atoms with E-state index in [1.54, 1.807) is 18.0 Å². The van der Waals surface area contributed by atoms with Crippen LogP contribution in [0.1, 0.15) is 0 Å². The van der Waals surface area contributed by atoms with Gasteiger partial charge in [-0.05, 0) is 22.0 Å². The van der Waals surface area contributed by atoms with Crippen molar-refractivity contribution in [2.45, 2.75) is 0 Å². The van der Waals surface area contributed by atoms with Crippen LogP contribution < -0.4 is 10.2 Å². The normalized spacial score (nSPS) is 14.9. The topological polar surface area (TPSA) is 78.7 Å². The molecule has 0 saturated carbocycles. The summed E-state index contributed by atoms with van der Waals surface area (Å²) >= 11 is 3.32. The Morgan fingerprint density at radius 2 is 2.14 bits per heavy atom. The molecule has 114 valence electrons. The molecule has 1 N–H and O–H groups in total. The first-order valence-electron chi connectivity index (χ1n) is 6.62. The molecule has 0 radical (unpaired) electrons. The van der Waals surface area contributed by atoms with Crippen molar-refractivity contribution in [3.8, 4) is 0 Å². The van der Waals surface area contributed by atoms with Crippen molar-refractivity contribution >= 4 is 33.2 Å². The average molecular weight is 357 g/mol. The molecule has 0 atom stereocenters. The summed E-state index contributed by atoms with van der Waals surface area (Å²) in [5.74, 6) is 0.0595. The predicted molar refractivity (Wildman–Crippen MR) is 83.5 cm³/mol. The third kappa shape index (κ3) is 3.92. The minimum absolute atomic E-state index is 0.0208. The van der Waals surface area contributed by atoms with Gasteiger partial charge in [-0.25, -0.2) is 0 Å². The van der Waals surface area contributed by atoms with E-state index in [4.69, 9.17) is 0 Å². The SMILES string of the molecule is CN(CC(=O)N1CCNCC1)c1ccc([N+](=O)[O-])cc1Br. The van der Waals surface area contributed by atoms with Gasteiger partial charge in [-0.1, -0.05) is 0 Å². The predicted octanol–water partition coefficient (Wildman–Crippen LogP) is 1.23. The molecular formula is C13H17BrN4O3. The van der Waals surface area contributed by atoms with Crippen molar-refractivity contribution in [1.29, 1.82) is 0 Å². The van der Waals surface area contributed by atoms with E-state index in [-0.39, 0.29) is 18.1 Å². The molecule has 7 nitrogen and oxygen atoms in total. The third-order valence-electron chi connectivity index (χ3n) is 3.40. The second kappa shape index (κ2) is 6.86. The average Bonchev–Trinajstić information content (AvgIpc) is 2.47. The van der Waals surface area contributed by atoms with Gasteiger partial charge in [0.05, 0.1) is 17.2 Å². The first kappa shape index (κ1) is 15.7. The zero-order valence-corrected chi connectivity index (χ0v) is 13.3. The van der Waals surface area contributed by atoms with E-state index in [1.807, 2.05) is 4.90 Å². The standard InChI is InChI=1S/C13H17BrN4O3/c1-16(9-13(19)17-6-4-15-5-7-17)12-3-2-10(18(20)21)8-11(12)14/h2-3,8,15H,4-7,9H2,1H3. The second-order valence-corrected chi connectivity index (χ2v) is 5.73. The van der Waals surface area contributed by atoms with Crippen molar-refractivity contribution < 1.29 is 9.72 Å². The second-order valence-electron chi connectivity index (χ2n) is 4.88. The number of nitro benzene ring substituents is 1. The molecular weight excluding hydrogens is 340 g/mol. The Kier molecular flexibility index (Phi) is 5.13. The van der Waals surface area contributed by atoms with Gasteiger partial charge in [-0.15, -0.1) is 0 Å². The molecule has 1 aliphatic rings. The number of piperazine rings is 1. The highest BCUT2D eigenvalue weighted by Crippen LogP contribution is 2.29. The van der Waals surface area contributed by atoms with Gasteiger partial charge in [0.1, 0.15) is 0 Å². The molecule has 2 rings (SSSR count). The van der Waals surface area contributed by atoms with E-state index in [2.05, 4.69) is 21.2 Å². The monoisotopic (exact) mass is 356 g/mol. The highest BCUT2D eigenvalue weighted by molar-refractivity contribution is 9.10. The zero-order valence-electron chi connectivity index (χ0n) is 11.7. The van der Waals surface area contributed by atoms with Crippen molar-refractivity contribution in [2.75, 3.05) is 44.7 Å². The quantitative estimate of drug-likeness (QED) is 0.648. The van der Waals surface area contributed by atoms with Crippen LogP contribution in [0.4, 0.5) is 11.4 Å². The van der Waals surface area contributed by atoms with Crippen LogP contribution in [0.3, 0.4) is 0 Å². The highest BCUT2D eigenvalue weighted by Gasteiger charge is 2.19. The summed E-state index contributed by atoms with van der Waals surface area (Å²) in [6.07, 6.45) is 0. The third-order valence-corrected chi connectivity index (χ3v) is 4.03. The molecule has 1 aliphatic heterocycles. The Morgan fingerprint density at radius 3 is 2.71 bits per heavy atom. The number of non-ortho nitro benzene ring substituents is 1. The van der Waals surface area contributed by atoms with Crippen LogP contribution in [0.5, 0.6) is 0 Å². The number of nitrogens with zero attached hydrogens (tertiary/aromatic N) is 3. The molecule has 21 heavy (non-hydrogen) atoms. The van der Waals surface area contributed by atoms with Gasteiger partial charge in [-0.2, -0.15) is 0 Å². The van der Waals surface area contributed by atoms with E-state index < -0.39 is 4.92 Å².